The predicted molar refractivity (Wildman–Crippen MR) is 177 cm³/mol. The minimum absolute atomic E-state index is 0.193. The molecule has 0 unspecified atom stereocenters. The van der Waals surface area contributed by atoms with Gasteiger partial charge in [-0.1, -0.05) is 45.8 Å². The molecule has 48 heavy (non-hydrogen) atoms. The van der Waals surface area contributed by atoms with Crippen LogP contribution in [0.4, 0.5) is 0 Å². The summed E-state index contributed by atoms with van der Waals surface area (Å²) in [4.78, 5) is 38.2. The van der Waals surface area contributed by atoms with Crippen molar-refractivity contribution in [2.75, 3.05) is 0 Å². The molecule has 13 nitrogen and oxygen atoms in total. The van der Waals surface area contributed by atoms with Gasteiger partial charge in [-0.05, 0) is 61.4 Å². The van der Waals surface area contributed by atoms with Crippen LogP contribution in [-0.2, 0) is 26.2 Å². The van der Waals surface area contributed by atoms with Gasteiger partial charge in [0.05, 0.1) is 49.6 Å². The Kier molecular flexibility index (Phi) is 6.94. The van der Waals surface area contributed by atoms with Crippen LogP contribution in [-0.4, -0.2) is 39.1 Å². The summed E-state index contributed by atoms with van der Waals surface area (Å²) in [6.07, 6.45) is 3.55. The molecule has 0 radical (unpaired) electrons. The minimum Gasteiger partial charge on any atom is -0.423 e. The first kappa shape index (κ1) is 29.1. The number of hydrogen-bond acceptors (Lipinski definition) is 9. The van der Waals surface area contributed by atoms with E-state index in [-0.39, 0.29) is 18.8 Å². The second-order valence-electron chi connectivity index (χ2n) is 11.9. The molecule has 0 saturated carbocycles. The molecule has 0 aliphatic heterocycles. The van der Waals surface area contributed by atoms with Crippen LogP contribution >= 0.6 is 0 Å². The number of rotatable bonds is 8. The average Bonchev–Trinajstić information content (AvgIpc) is 3.77. The van der Waals surface area contributed by atoms with Gasteiger partial charge < -0.3 is 8.83 Å². The van der Waals surface area contributed by atoms with E-state index in [2.05, 4.69) is 20.6 Å². The highest BCUT2D eigenvalue weighted by Gasteiger charge is 2.17. The third-order valence-corrected chi connectivity index (χ3v) is 8.37. The summed E-state index contributed by atoms with van der Waals surface area (Å²) >= 11 is 0. The third kappa shape index (κ3) is 5.40. The molecule has 0 saturated heterocycles. The number of para-hydroxylation sites is 2. The van der Waals surface area contributed by atoms with E-state index in [1.165, 1.54) is 12.1 Å². The summed E-state index contributed by atoms with van der Waals surface area (Å²) in [5.41, 5.74) is 6.21. The van der Waals surface area contributed by atoms with Crippen LogP contribution in [0.25, 0.3) is 33.0 Å². The molecular formula is C35H28N8O5. The van der Waals surface area contributed by atoms with Gasteiger partial charge in [-0.25, -0.2) is 23.7 Å². The number of benzene rings is 3. The molecule has 3 aromatic carbocycles. The number of fused-ring (bicyclic) bond motifs is 3. The smallest absolute Gasteiger partial charge is 0.336 e. The molecular weight excluding hydrogens is 612 g/mol. The van der Waals surface area contributed by atoms with Crippen LogP contribution in [0.15, 0.2) is 108 Å². The van der Waals surface area contributed by atoms with E-state index in [0.29, 0.717) is 35.6 Å². The van der Waals surface area contributed by atoms with Crippen LogP contribution in [0.1, 0.15) is 33.6 Å². The second-order valence-corrected chi connectivity index (χ2v) is 11.9. The Labute approximate surface area is 270 Å². The quantitative estimate of drug-likeness (QED) is 0.225. The summed E-state index contributed by atoms with van der Waals surface area (Å²) in [5.74, 6) is 0. The van der Waals surface area contributed by atoms with Gasteiger partial charge in [-0.15, -0.1) is 10.2 Å². The van der Waals surface area contributed by atoms with E-state index in [1.807, 2.05) is 62.4 Å². The van der Waals surface area contributed by atoms with E-state index in [1.54, 1.807) is 43.0 Å². The molecule has 5 aromatic heterocycles. The van der Waals surface area contributed by atoms with Gasteiger partial charge in [0.2, 0.25) is 0 Å². The van der Waals surface area contributed by atoms with Gasteiger partial charge in [-0.2, -0.15) is 0 Å². The van der Waals surface area contributed by atoms with E-state index >= 15 is 0 Å². The van der Waals surface area contributed by atoms with Gasteiger partial charge in [0, 0.05) is 22.9 Å². The molecule has 8 rings (SSSR count). The molecule has 0 N–H and O–H groups in total. The standard InChI is InChI=1S/C35H28N8O5/c1-21-7-9-31-27(11-21)23(13-33(44)47-31)15-40-17-25(36-38-40)19-42-29-5-3-4-6-30(29)43(35(42)46)20-26-18-41(39-37-26)16-24-14-34(45)48-32-10-8-22(2)12-28(24)32/h3-14,17-18H,15-16,19-20H2,1-2H3. The fourth-order valence-electron chi connectivity index (χ4n) is 6.17. The Hall–Kier alpha value is -6.37. The number of imidazole rings is 1. The Balaban J connectivity index is 1.06. The fourth-order valence-corrected chi connectivity index (χ4v) is 6.17. The zero-order chi connectivity index (χ0) is 32.9. The van der Waals surface area contributed by atoms with Gasteiger partial charge >= 0.3 is 16.9 Å². The Bertz CT molecular complexity index is 2510. The Morgan fingerprint density at radius 1 is 0.583 bits per heavy atom. The maximum Gasteiger partial charge on any atom is 0.336 e. The number of aryl methyl sites for hydroxylation is 2. The molecule has 0 amide bonds. The molecule has 5 heterocycles. The van der Waals surface area contributed by atoms with Crippen LogP contribution in [0.5, 0.6) is 0 Å². The zero-order valence-corrected chi connectivity index (χ0v) is 26.0. The minimum atomic E-state index is -0.433. The second kappa shape index (κ2) is 11.5. The van der Waals surface area contributed by atoms with Crippen LogP contribution in [0, 0.1) is 13.8 Å². The molecule has 0 atom stereocenters. The molecule has 0 bridgehead atoms. The highest BCUT2D eigenvalue weighted by molar-refractivity contribution is 5.81. The lowest BCUT2D eigenvalue weighted by Gasteiger charge is -2.06. The van der Waals surface area contributed by atoms with Crippen molar-refractivity contribution < 1.29 is 8.83 Å². The van der Waals surface area contributed by atoms with Gasteiger partial charge in [0.1, 0.15) is 22.6 Å². The topological polar surface area (TPSA) is 149 Å². The van der Waals surface area contributed by atoms with Gasteiger partial charge in [-0.3, -0.25) is 9.13 Å². The first-order chi connectivity index (χ1) is 23.3. The van der Waals surface area contributed by atoms with Crippen molar-refractivity contribution in [1.82, 2.24) is 39.1 Å². The summed E-state index contributed by atoms with van der Waals surface area (Å²) in [6.45, 7) is 4.97. The summed E-state index contributed by atoms with van der Waals surface area (Å²) in [7, 11) is 0. The van der Waals surface area contributed by atoms with E-state index in [9.17, 15) is 14.4 Å². The highest BCUT2D eigenvalue weighted by Crippen LogP contribution is 2.21. The summed E-state index contributed by atoms with van der Waals surface area (Å²) in [6, 6.07) is 21.8. The first-order valence-electron chi connectivity index (χ1n) is 15.3. The van der Waals surface area contributed by atoms with Crippen molar-refractivity contribution in [3.05, 3.63) is 150 Å². The third-order valence-electron chi connectivity index (χ3n) is 8.37. The maximum atomic E-state index is 13.9. The van der Waals surface area contributed by atoms with Crippen molar-refractivity contribution in [2.45, 2.75) is 40.0 Å². The van der Waals surface area contributed by atoms with Gasteiger partial charge in [0.25, 0.3) is 0 Å². The van der Waals surface area contributed by atoms with E-state index < -0.39 is 11.3 Å². The molecule has 0 aliphatic carbocycles. The number of nitrogens with zero attached hydrogens (tertiary/aromatic N) is 8. The molecule has 0 aliphatic rings. The lowest BCUT2D eigenvalue weighted by atomic mass is 10.1. The summed E-state index contributed by atoms with van der Waals surface area (Å²) < 4.78 is 17.3. The van der Waals surface area contributed by atoms with Crippen LogP contribution < -0.4 is 16.9 Å². The van der Waals surface area contributed by atoms with Crippen molar-refractivity contribution in [3.8, 4) is 0 Å². The van der Waals surface area contributed by atoms with Crippen molar-refractivity contribution in [1.29, 1.82) is 0 Å². The lowest BCUT2D eigenvalue weighted by molar-refractivity contribution is 0.555. The van der Waals surface area contributed by atoms with Crippen molar-refractivity contribution in [2.24, 2.45) is 0 Å². The van der Waals surface area contributed by atoms with Crippen molar-refractivity contribution in [3.63, 3.8) is 0 Å². The Morgan fingerprint density at radius 2 is 1.04 bits per heavy atom. The van der Waals surface area contributed by atoms with E-state index in [4.69, 9.17) is 8.83 Å². The monoisotopic (exact) mass is 640 g/mol. The largest absolute Gasteiger partial charge is 0.423 e. The zero-order valence-electron chi connectivity index (χ0n) is 26.0. The highest BCUT2D eigenvalue weighted by atomic mass is 16.4. The summed E-state index contributed by atoms with van der Waals surface area (Å²) in [5, 5.41) is 18.9. The molecule has 13 heteroatoms. The maximum absolute atomic E-state index is 13.9. The molecule has 0 spiro atoms. The van der Waals surface area contributed by atoms with Crippen LogP contribution in [0.2, 0.25) is 0 Å². The van der Waals surface area contributed by atoms with Gasteiger partial charge in [0.15, 0.2) is 0 Å². The van der Waals surface area contributed by atoms with Crippen molar-refractivity contribution >= 4 is 33.0 Å². The van der Waals surface area contributed by atoms with E-state index in [0.717, 1.165) is 44.1 Å². The molecule has 8 aromatic rings. The van der Waals surface area contributed by atoms with Crippen LogP contribution in [0.3, 0.4) is 0 Å². The number of aromatic nitrogens is 8. The molecule has 238 valence electrons. The predicted octanol–water partition coefficient (Wildman–Crippen LogP) is 4.01. The lowest BCUT2D eigenvalue weighted by Crippen LogP contribution is -2.25. The Morgan fingerprint density at radius 3 is 1.50 bits per heavy atom. The fraction of sp³-hybridized carbons (Fsp3) is 0.171. The normalized spacial score (nSPS) is 11.7. The first-order valence-corrected chi connectivity index (χ1v) is 15.3. The SMILES string of the molecule is Cc1ccc2oc(=O)cc(Cn3cc(Cn4c(=O)n(Cc5cn(Cc6cc(=O)oc7ccc(C)cc67)nn5)c5ccccc54)nn3)c2c1. The average molecular weight is 641 g/mol. The molecule has 0 fully saturated rings. The number of hydrogen-bond donors (Lipinski definition) is 0.